The smallest absolute Gasteiger partial charge is 0.169 e. The number of ether oxygens (including phenoxy) is 2. The number of hydrogen-bond donors (Lipinski definition) is 1. The minimum atomic E-state index is -0.303. The third-order valence-electron chi connectivity index (χ3n) is 10.6. The lowest BCUT2D eigenvalue weighted by Gasteiger charge is -2.30. The molecule has 2 aliphatic rings. The highest BCUT2D eigenvalue weighted by Crippen LogP contribution is 2.43. The Morgan fingerprint density at radius 2 is 0.792 bits per heavy atom. The fourth-order valence-corrected chi connectivity index (χ4v) is 7.50. The Kier molecular flexibility index (Phi) is 27.5. The van der Waals surface area contributed by atoms with Crippen LogP contribution in [0.2, 0.25) is 0 Å². The molecule has 1 N–H and O–H groups in total. The molecule has 3 heteroatoms. The topological polar surface area (TPSA) is 30.5 Å². The van der Waals surface area contributed by atoms with Crippen molar-refractivity contribution < 1.29 is 9.47 Å². The van der Waals surface area contributed by atoms with Gasteiger partial charge in [-0.1, -0.05) is 152 Å². The van der Waals surface area contributed by atoms with E-state index >= 15 is 0 Å². The molecule has 0 unspecified atom stereocenters. The van der Waals surface area contributed by atoms with Gasteiger partial charge in [0.05, 0.1) is 12.2 Å². The predicted molar refractivity (Wildman–Crippen MR) is 212 cm³/mol. The largest absolute Gasteiger partial charge is 0.344 e. The van der Waals surface area contributed by atoms with Crippen LogP contribution in [0.3, 0.4) is 0 Å². The van der Waals surface area contributed by atoms with Gasteiger partial charge in [0.25, 0.3) is 0 Å². The number of unbranched alkanes of at least 4 members (excludes halogenated alkanes) is 20. The van der Waals surface area contributed by atoms with Crippen molar-refractivity contribution in [3.8, 4) is 0 Å². The molecule has 0 aromatic carbocycles. The molecule has 0 amide bonds. The molecule has 1 aliphatic heterocycles. The van der Waals surface area contributed by atoms with Gasteiger partial charge in [-0.05, 0) is 96.9 Å². The molecule has 0 aromatic rings. The summed E-state index contributed by atoms with van der Waals surface area (Å²) in [5.41, 5.74) is 0. The standard InChI is InChI=1S/C45H81NO2/c1-4-6-8-10-12-14-16-18-20-22-24-26-28-30-32-34-36-38-45(47-43-40-42(46-3)41-44(43)48-45)39-37-35-33-31-29-27-25-23-21-19-17-15-13-11-9-7-5-2/h12-15,18-21,42-44,46H,4-11,16-17,22-41H2,1-3H3/b14-12-,15-13-,20-18-,21-19-/t42-,43+,44-. The van der Waals surface area contributed by atoms with E-state index in [4.69, 9.17) is 9.47 Å². The first kappa shape index (κ1) is 43.0. The van der Waals surface area contributed by atoms with Gasteiger partial charge >= 0.3 is 0 Å². The van der Waals surface area contributed by atoms with E-state index in [2.05, 4.69) is 74.8 Å². The molecule has 1 saturated heterocycles. The summed E-state index contributed by atoms with van der Waals surface area (Å²) < 4.78 is 13.6. The number of allylic oxidation sites excluding steroid dienone is 8. The van der Waals surface area contributed by atoms with E-state index in [0.717, 1.165) is 38.5 Å². The molecule has 48 heavy (non-hydrogen) atoms. The van der Waals surface area contributed by atoms with Gasteiger partial charge in [-0.3, -0.25) is 0 Å². The summed E-state index contributed by atoms with van der Waals surface area (Å²) in [5.74, 6) is -0.303. The SMILES string of the molecule is CCCCC/C=C\C/C=C\CCCCCCCCCC1(CCCCCCCCC/C=C\C/C=C\CCCCC)O[C@H]2C[C@@H](NC)C[C@H]2O1. The molecule has 2 rings (SSSR count). The van der Waals surface area contributed by atoms with E-state index in [-0.39, 0.29) is 5.79 Å². The fraction of sp³-hybridized carbons (Fsp3) is 0.822. The maximum atomic E-state index is 6.78. The molecule has 1 aliphatic carbocycles. The quantitative estimate of drug-likeness (QED) is 0.0558. The third-order valence-corrected chi connectivity index (χ3v) is 10.6. The minimum absolute atomic E-state index is 0.300. The van der Waals surface area contributed by atoms with Crippen molar-refractivity contribution in [3.63, 3.8) is 0 Å². The van der Waals surface area contributed by atoms with E-state index in [1.165, 1.54) is 154 Å². The van der Waals surface area contributed by atoms with Crippen molar-refractivity contribution in [2.45, 2.75) is 231 Å². The summed E-state index contributed by atoms with van der Waals surface area (Å²) in [6.07, 6.45) is 57.9. The first-order chi connectivity index (χ1) is 23.7. The first-order valence-corrected chi connectivity index (χ1v) is 21.4. The zero-order valence-corrected chi connectivity index (χ0v) is 32.4. The molecule has 1 saturated carbocycles. The molecule has 1 heterocycles. The molecule has 278 valence electrons. The van der Waals surface area contributed by atoms with Gasteiger partial charge in [0.15, 0.2) is 5.79 Å². The van der Waals surface area contributed by atoms with E-state index in [1.807, 2.05) is 0 Å². The predicted octanol–water partition coefficient (Wildman–Crippen LogP) is 14.0. The van der Waals surface area contributed by atoms with Crippen molar-refractivity contribution in [2.24, 2.45) is 0 Å². The Hall–Kier alpha value is -1.16. The average Bonchev–Trinajstić information content (AvgIpc) is 3.63. The third kappa shape index (κ3) is 21.8. The second-order valence-corrected chi connectivity index (χ2v) is 15.1. The molecule has 3 nitrogen and oxygen atoms in total. The molecule has 0 aromatic heterocycles. The highest BCUT2D eigenvalue weighted by atomic mass is 16.8. The molecule has 2 fully saturated rings. The summed E-state index contributed by atoms with van der Waals surface area (Å²) in [4.78, 5) is 0. The van der Waals surface area contributed by atoms with Crippen molar-refractivity contribution in [1.82, 2.24) is 5.32 Å². The van der Waals surface area contributed by atoms with Crippen LogP contribution in [0.1, 0.15) is 206 Å². The summed E-state index contributed by atoms with van der Waals surface area (Å²) in [5, 5.41) is 3.45. The van der Waals surface area contributed by atoms with Crippen molar-refractivity contribution in [2.75, 3.05) is 7.05 Å². The van der Waals surface area contributed by atoms with Crippen LogP contribution in [0.4, 0.5) is 0 Å². The maximum absolute atomic E-state index is 6.78. The van der Waals surface area contributed by atoms with E-state index in [0.29, 0.717) is 18.2 Å². The lowest BCUT2D eigenvalue weighted by Crippen LogP contribution is -2.34. The van der Waals surface area contributed by atoms with Crippen molar-refractivity contribution >= 4 is 0 Å². The average molecular weight is 668 g/mol. The van der Waals surface area contributed by atoms with Gasteiger partial charge in [0.1, 0.15) is 0 Å². The Morgan fingerprint density at radius 1 is 0.458 bits per heavy atom. The van der Waals surface area contributed by atoms with Crippen LogP contribution in [0.5, 0.6) is 0 Å². The van der Waals surface area contributed by atoms with Gasteiger partial charge in [0.2, 0.25) is 0 Å². The maximum Gasteiger partial charge on any atom is 0.169 e. The van der Waals surface area contributed by atoms with Gasteiger partial charge in [0, 0.05) is 18.9 Å². The van der Waals surface area contributed by atoms with Crippen LogP contribution in [0.25, 0.3) is 0 Å². The van der Waals surface area contributed by atoms with Crippen LogP contribution < -0.4 is 5.32 Å². The number of hydrogen-bond acceptors (Lipinski definition) is 3. The summed E-state index contributed by atoms with van der Waals surface area (Å²) in [7, 11) is 2.08. The highest BCUT2D eigenvalue weighted by Gasteiger charge is 2.50. The lowest BCUT2D eigenvalue weighted by atomic mass is 9.98. The van der Waals surface area contributed by atoms with Gasteiger partial charge < -0.3 is 14.8 Å². The van der Waals surface area contributed by atoms with E-state index < -0.39 is 0 Å². The zero-order chi connectivity index (χ0) is 34.2. The Morgan fingerprint density at radius 3 is 1.15 bits per heavy atom. The Balaban J connectivity index is 1.50. The number of fused-ring (bicyclic) bond motifs is 1. The molecule has 0 spiro atoms. The van der Waals surface area contributed by atoms with Crippen LogP contribution in [-0.4, -0.2) is 31.1 Å². The Bertz CT molecular complexity index is 763. The van der Waals surface area contributed by atoms with Crippen LogP contribution in [-0.2, 0) is 9.47 Å². The fourth-order valence-electron chi connectivity index (χ4n) is 7.50. The van der Waals surface area contributed by atoms with Gasteiger partial charge in [-0.15, -0.1) is 0 Å². The van der Waals surface area contributed by atoms with Crippen molar-refractivity contribution in [3.05, 3.63) is 48.6 Å². The number of rotatable bonds is 33. The van der Waals surface area contributed by atoms with Gasteiger partial charge in [-0.2, -0.15) is 0 Å². The monoisotopic (exact) mass is 668 g/mol. The molecular formula is C45H81NO2. The molecule has 3 atom stereocenters. The highest BCUT2D eigenvalue weighted by molar-refractivity contribution is 4.96. The van der Waals surface area contributed by atoms with Crippen molar-refractivity contribution in [1.29, 1.82) is 0 Å². The van der Waals surface area contributed by atoms with Crippen LogP contribution in [0, 0.1) is 0 Å². The molecule has 0 bridgehead atoms. The van der Waals surface area contributed by atoms with Crippen LogP contribution in [0.15, 0.2) is 48.6 Å². The molecular weight excluding hydrogens is 587 g/mol. The number of nitrogens with one attached hydrogen (secondary N) is 1. The van der Waals surface area contributed by atoms with E-state index in [9.17, 15) is 0 Å². The second kappa shape index (κ2) is 30.6. The molecule has 0 radical (unpaired) electrons. The summed E-state index contributed by atoms with van der Waals surface area (Å²) in [6.45, 7) is 4.54. The Labute approximate surface area is 300 Å². The second-order valence-electron chi connectivity index (χ2n) is 15.1. The zero-order valence-electron chi connectivity index (χ0n) is 32.4. The lowest BCUT2D eigenvalue weighted by molar-refractivity contribution is -0.191. The minimum Gasteiger partial charge on any atom is -0.344 e. The van der Waals surface area contributed by atoms with E-state index in [1.54, 1.807) is 0 Å². The van der Waals surface area contributed by atoms with Gasteiger partial charge in [-0.25, -0.2) is 0 Å². The van der Waals surface area contributed by atoms with Crippen LogP contribution >= 0.6 is 0 Å². The first-order valence-electron chi connectivity index (χ1n) is 21.4. The summed E-state index contributed by atoms with van der Waals surface area (Å²) >= 11 is 0. The summed E-state index contributed by atoms with van der Waals surface area (Å²) in [6, 6.07) is 0.554. The normalized spacial score (nSPS) is 20.9.